The van der Waals surface area contributed by atoms with Crippen molar-refractivity contribution in [1.82, 2.24) is 0 Å². The number of hydrogen-bond donors (Lipinski definition) is 2. The van der Waals surface area contributed by atoms with Crippen LogP contribution in [0.25, 0.3) is 0 Å². The van der Waals surface area contributed by atoms with Crippen LogP contribution in [0.15, 0.2) is 0 Å². The fraction of sp³-hybridized carbons (Fsp3) is 1.00. The molecule has 0 heterocycles. The first-order valence-electron chi connectivity index (χ1n) is 6.76. The zero-order valence-electron chi connectivity index (χ0n) is 11.1. The fourth-order valence-electron chi connectivity index (χ4n) is 3.02. The van der Waals surface area contributed by atoms with Gasteiger partial charge in [-0.1, -0.05) is 27.2 Å². The van der Waals surface area contributed by atoms with Crippen LogP contribution in [0.3, 0.4) is 0 Å². The Balaban J connectivity index is 2.45. The van der Waals surface area contributed by atoms with E-state index in [9.17, 15) is 10.2 Å². The molecule has 0 aliphatic heterocycles. The average Bonchev–Trinajstić information content (AvgIpc) is 2.31. The maximum Gasteiger partial charge on any atom is 0.0483 e. The standard InChI is InChI=1S/C14H28O2/c1-4-14(2,3)13-7-5-11(6-8-13)12(9-15)10-16/h11-13,15-16H,4-10H2,1-3H3. The van der Waals surface area contributed by atoms with E-state index in [1.165, 1.54) is 32.1 Å². The SMILES string of the molecule is CCC(C)(C)C1CCC(C(CO)CO)CC1. The quantitative estimate of drug-likeness (QED) is 0.759. The Morgan fingerprint density at radius 1 is 1.06 bits per heavy atom. The predicted octanol–water partition coefficient (Wildman–Crippen LogP) is 2.83. The molecule has 2 nitrogen and oxygen atoms in total. The monoisotopic (exact) mass is 228 g/mol. The Hall–Kier alpha value is -0.0800. The summed E-state index contributed by atoms with van der Waals surface area (Å²) in [5, 5.41) is 18.4. The molecule has 0 amide bonds. The van der Waals surface area contributed by atoms with Gasteiger partial charge in [-0.3, -0.25) is 0 Å². The highest BCUT2D eigenvalue weighted by molar-refractivity contribution is 4.84. The number of aliphatic hydroxyl groups is 2. The van der Waals surface area contributed by atoms with Crippen molar-refractivity contribution >= 4 is 0 Å². The Morgan fingerprint density at radius 3 is 1.94 bits per heavy atom. The van der Waals surface area contributed by atoms with Crippen LogP contribution in [-0.4, -0.2) is 23.4 Å². The van der Waals surface area contributed by atoms with Gasteiger partial charge in [-0.2, -0.15) is 0 Å². The Morgan fingerprint density at radius 2 is 1.56 bits per heavy atom. The molecule has 96 valence electrons. The maximum absolute atomic E-state index is 9.19. The van der Waals surface area contributed by atoms with E-state index in [2.05, 4.69) is 20.8 Å². The maximum atomic E-state index is 9.19. The van der Waals surface area contributed by atoms with Crippen molar-refractivity contribution in [2.45, 2.75) is 52.9 Å². The van der Waals surface area contributed by atoms with Gasteiger partial charge in [0.05, 0.1) is 0 Å². The van der Waals surface area contributed by atoms with E-state index in [0.717, 1.165) is 5.92 Å². The molecule has 1 saturated carbocycles. The van der Waals surface area contributed by atoms with Crippen LogP contribution in [0.1, 0.15) is 52.9 Å². The third-order valence-electron chi connectivity index (χ3n) is 4.92. The van der Waals surface area contributed by atoms with Crippen molar-refractivity contribution in [1.29, 1.82) is 0 Å². The van der Waals surface area contributed by atoms with E-state index in [1.54, 1.807) is 0 Å². The minimum Gasteiger partial charge on any atom is -0.396 e. The lowest BCUT2D eigenvalue weighted by Gasteiger charge is -2.40. The molecule has 0 bridgehead atoms. The molecule has 0 atom stereocenters. The summed E-state index contributed by atoms with van der Waals surface area (Å²) in [6, 6.07) is 0. The summed E-state index contributed by atoms with van der Waals surface area (Å²) < 4.78 is 0. The Kier molecular flexibility index (Phi) is 5.26. The zero-order valence-corrected chi connectivity index (χ0v) is 11.1. The molecule has 0 unspecified atom stereocenters. The first-order valence-corrected chi connectivity index (χ1v) is 6.76. The fourth-order valence-corrected chi connectivity index (χ4v) is 3.02. The van der Waals surface area contributed by atoms with Gasteiger partial charge in [0.1, 0.15) is 0 Å². The summed E-state index contributed by atoms with van der Waals surface area (Å²) in [5.74, 6) is 1.48. The topological polar surface area (TPSA) is 40.5 Å². The summed E-state index contributed by atoms with van der Waals surface area (Å²) in [4.78, 5) is 0. The number of hydrogen-bond acceptors (Lipinski definition) is 2. The number of rotatable bonds is 5. The lowest BCUT2D eigenvalue weighted by atomic mass is 9.66. The van der Waals surface area contributed by atoms with Gasteiger partial charge in [0.15, 0.2) is 0 Å². The molecule has 0 radical (unpaired) electrons. The highest BCUT2D eigenvalue weighted by atomic mass is 16.3. The molecule has 2 N–H and O–H groups in total. The predicted molar refractivity (Wildman–Crippen MR) is 67.2 cm³/mol. The third kappa shape index (κ3) is 3.21. The molecule has 2 heteroatoms. The van der Waals surface area contributed by atoms with E-state index in [-0.39, 0.29) is 19.1 Å². The molecule has 1 aliphatic carbocycles. The second kappa shape index (κ2) is 6.02. The van der Waals surface area contributed by atoms with Gasteiger partial charge in [-0.05, 0) is 42.9 Å². The van der Waals surface area contributed by atoms with E-state index in [4.69, 9.17) is 0 Å². The lowest BCUT2D eigenvalue weighted by Crippen LogP contribution is -2.32. The summed E-state index contributed by atoms with van der Waals surface area (Å²) in [6.07, 6.45) is 6.13. The van der Waals surface area contributed by atoms with Gasteiger partial charge in [0.2, 0.25) is 0 Å². The third-order valence-corrected chi connectivity index (χ3v) is 4.92. The van der Waals surface area contributed by atoms with E-state index >= 15 is 0 Å². The normalized spacial score (nSPS) is 27.4. The molecule has 1 fully saturated rings. The van der Waals surface area contributed by atoms with Gasteiger partial charge in [-0.25, -0.2) is 0 Å². The molecule has 1 rings (SSSR count). The molecule has 0 aromatic rings. The summed E-state index contributed by atoms with van der Waals surface area (Å²) in [7, 11) is 0. The van der Waals surface area contributed by atoms with Crippen LogP contribution in [-0.2, 0) is 0 Å². The van der Waals surface area contributed by atoms with Gasteiger partial charge in [0.25, 0.3) is 0 Å². The highest BCUT2D eigenvalue weighted by Crippen LogP contribution is 2.43. The molecule has 0 spiro atoms. The van der Waals surface area contributed by atoms with Gasteiger partial charge in [-0.15, -0.1) is 0 Å². The van der Waals surface area contributed by atoms with Crippen molar-refractivity contribution in [3.63, 3.8) is 0 Å². The molecule has 0 saturated heterocycles. The van der Waals surface area contributed by atoms with Gasteiger partial charge in [0, 0.05) is 19.1 Å². The molecule has 0 aromatic heterocycles. The summed E-state index contributed by atoms with van der Waals surface area (Å²) in [5.41, 5.74) is 0.457. The first kappa shape index (κ1) is 14.0. The van der Waals surface area contributed by atoms with Crippen molar-refractivity contribution in [3.8, 4) is 0 Å². The second-order valence-electron chi connectivity index (χ2n) is 6.08. The first-order chi connectivity index (χ1) is 7.55. The van der Waals surface area contributed by atoms with E-state index in [0.29, 0.717) is 11.3 Å². The Bertz CT molecular complexity index is 189. The molecular weight excluding hydrogens is 200 g/mol. The van der Waals surface area contributed by atoms with Crippen LogP contribution in [0, 0.1) is 23.2 Å². The highest BCUT2D eigenvalue weighted by Gasteiger charge is 2.33. The van der Waals surface area contributed by atoms with E-state index in [1.807, 2.05) is 0 Å². The van der Waals surface area contributed by atoms with Crippen LogP contribution in [0.5, 0.6) is 0 Å². The molecular formula is C14H28O2. The van der Waals surface area contributed by atoms with Crippen molar-refractivity contribution in [3.05, 3.63) is 0 Å². The second-order valence-corrected chi connectivity index (χ2v) is 6.08. The van der Waals surface area contributed by atoms with Gasteiger partial charge >= 0.3 is 0 Å². The lowest BCUT2D eigenvalue weighted by molar-refractivity contribution is 0.0557. The molecule has 1 aliphatic rings. The average molecular weight is 228 g/mol. The van der Waals surface area contributed by atoms with E-state index < -0.39 is 0 Å². The van der Waals surface area contributed by atoms with Crippen molar-refractivity contribution in [2.24, 2.45) is 23.2 Å². The Labute approximate surface area is 100 Å². The zero-order chi connectivity index (χ0) is 12.2. The largest absolute Gasteiger partial charge is 0.396 e. The van der Waals surface area contributed by atoms with Crippen LogP contribution >= 0.6 is 0 Å². The number of aliphatic hydroxyl groups excluding tert-OH is 2. The minimum absolute atomic E-state index is 0.116. The molecule has 16 heavy (non-hydrogen) atoms. The van der Waals surface area contributed by atoms with Crippen molar-refractivity contribution in [2.75, 3.05) is 13.2 Å². The van der Waals surface area contributed by atoms with Gasteiger partial charge < -0.3 is 10.2 Å². The van der Waals surface area contributed by atoms with Crippen LogP contribution in [0.4, 0.5) is 0 Å². The molecule has 0 aromatic carbocycles. The smallest absolute Gasteiger partial charge is 0.0483 e. The van der Waals surface area contributed by atoms with Crippen molar-refractivity contribution < 1.29 is 10.2 Å². The summed E-state index contributed by atoms with van der Waals surface area (Å²) in [6.45, 7) is 7.30. The van der Waals surface area contributed by atoms with Crippen LogP contribution in [0.2, 0.25) is 0 Å². The minimum atomic E-state index is 0.116. The summed E-state index contributed by atoms with van der Waals surface area (Å²) >= 11 is 0. The van der Waals surface area contributed by atoms with Crippen LogP contribution < -0.4 is 0 Å².